The molecular weight excluding hydrogens is 314 g/mol. The van der Waals surface area contributed by atoms with E-state index in [1.807, 2.05) is 24.3 Å². The fraction of sp³-hybridized carbons (Fsp3) is 0.235. The van der Waals surface area contributed by atoms with Gasteiger partial charge in [0.05, 0.1) is 12.6 Å². The van der Waals surface area contributed by atoms with Gasteiger partial charge in [-0.05, 0) is 41.8 Å². The summed E-state index contributed by atoms with van der Waals surface area (Å²) in [6.07, 6.45) is 0.756. The van der Waals surface area contributed by atoms with Gasteiger partial charge in [0.2, 0.25) is 0 Å². The highest BCUT2D eigenvalue weighted by Crippen LogP contribution is 2.22. The van der Waals surface area contributed by atoms with Crippen LogP contribution in [0, 0.1) is 0 Å². The Morgan fingerprint density at radius 1 is 1.00 bits per heavy atom. The normalized spacial score (nSPS) is 14.3. The van der Waals surface area contributed by atoms with E-state index in [1.54, 1.807) is 24.3 Å². The van der Waals surface area contributed by atoms with Gasteiger partial charge in [-0.15, -0.1) is 12.4 Å². The fourth-order valence-electron chi connectivity index (χ4n) is 2.49. The first kappa shape index (κ1) is 17.0. The van der Waals surface area contributed by atoms with Gasteiger partial charge < -0.3 is 20.8 Å². The third-order valence-electron chi connectivity index (χ3n) is 3.66. The molecule has 0 aliphatic carbocycles. The minimum Gasteiger partial charge on any atom is -0.508 e. The van der Waals surface area contributed by atoms with Crippen molar-refractivity contribution in [1.82, 2.24) is 10.6 Å². The molecule has 0 radical (unpaired) electrons. The molecule has 0 amide bonds. The first-order chi connectivity index (χ1) is 10.7. The summed E-state index contributed by atoms with van der Waals surface area (Å²) in [7, 11) is 0. The van der Waals surface area contributed by atoms with Crippen molar-refractivity contribution in [1.29, 1.82) is 0 Å². The van der Waals surface area contributed by atoms with Crippen molar-refractivity contribution in [2.75, 3.05) is 13.1 Å². The van der Waals surface area contributed by atoms with Gasteiger partial charge in [0.15, 0.2) is 5.96 Å². The molecule has 2 aromatic carbocycles. The Balaban J connectivity index is 0.00000192. The molecule has 4 N–H and O–H groups in total. The molecular formula is C17H20ClN3O2. The van der Waals surface area contributed by atoms with Crippen molar-refractivity contribution in [3.63, 3.8) is 0 Å². The van der Waals surface area contributed by atoms with E-state index >= 15 is 0 Å². The molecule has 6 heteroatoms. The molecule has 122 valence electrons. The molecule has 0 aromatic heterocycles. The predicted octanol–water partition coefficient (Wildman–Crippen LogP) is 2.35. The third-order valence-corrected chi connectivity index (χ3v) is 3.66. The van der Waals surface area contributed by atoms with Crippen LogP contribution >= 0.6 is 12.4 Å². The lowest BCUT2D eigenvalue weighted by Crippen LogP contribution is -2.37. The maximum Gasteiger partial charge on any atom is 0.191 e. The van der Waals surface area contributed by atoms with Crippen LogP contribution in [0.25, 0.3) is 0 Å². The standard InChI is InChI=1S/C17H19N3O2.ClH/c21-14-5-1-12(2-6-14)11-16(20-17-18-9-10-19-17)13-3-7-15(22)8-4-13;/h1-8,16,21-22H,9-11H2,(H2,18,19,20);1H. The molecule has 1 aliphatic rings. The SMILES string of the molecule is Cl.Oc1ccc(CC(NC2=NCCN2)c2ccc(O)cc2)cc1. The zero-order valence-electron chi connectivity index (χ0n) is 12.6. The molecule has 1 unspecified atom stereocenters. The Labute approximate surface area is 141 Å². The number of nitrogens with zero attached hydrogens (tertiary/aromatic N) is 1. The summed E-state index contributed by atoms with van der Waals surface area (Å²) in [6, 6.07) is 14.4. The number of phenolic OH excluding ortho intramolecular Hbond substituents is 2. The highest BCUT2D eigenvalue weighted by molar-refractivity contribution is 5.85. The van der Waals surface area contributed by atoms with Crippen LogP contribution < -0.4 is 10.6 Å². The van der Waals surface area contributed by atoms with E-state index in [0.29, 0.717) is 0 Å². The lowest BCUT2D eigenvalue weighted by atomic mass is 9.98. The number of aromatic hydroxyl groups is 2. The topological polar surface area (TPSA) is 76.9 Å². The van der Waals surface area contributed by atoms with E-state index in [-0.39, 0.29) is 29.9 Å². The number of rotatable bonds is 4. The van der Waals surface area contributed by atoms with E-state index in [1.165, 1.54) is 0 Å². The van der Waals surface area contributed by atoms with Crippen molar-refractivity contribution in [2.24, 2.45) is 4.99 Å². The van der Waals surface area contributed by atoms with Crippen molar-refractivity contribution < 1.29 is 10.2 Å². The van der Waals surface area contributed by atoms with E-state index in [4.69, 9.17) is 0 Å². The summed E-state index contributed by atoms with van der Waals surface area (Å²) in [6.45, 7) is 1.63. The summed E-state index contributed by atoms with van der Waals surface area (Å²) < 4.78 is 0. The van der Waals surface area contributed by atoms with Gasteiger partial charge in [-0.2, -0.15) is 0 Å². The average Bonchev–Trinajstić information content (AvgIpc) is 3.03. The average molecular weight is 334 g/mol. The molecule has 0 bridgehead atoms. The number of phenols is 2. The van der Waals surface area contributed by atoms with Gasteiger partial charge in [0.1, 0.15) is 11.5 Å². The molecule has 1 aliphatic heterocycles. The van der Waals surface area contributed by atoms with Crippen LogP contribution in [-0.4, -0.2) is 29.3 Å². The van der Waals surface area contributed by atoms with E-state index in [0.717, 1.165) is 36.6 Å². The van der Waals surface area contributed by atoms with E-state index in [2.05, 4.69) is 15.6 Å². The first-order valence-corrected chi connectivity index (χ1v) is 7.32. The maximum atomic E-state index is 9.46. The fourth-order valence-corrected chi connectivity index (χ4v) is 2.49. The van der Waals surface area contributed by atoms with Crippen LogP contribution in [0.2, 0.25) is 0 Å². The second kappa shape index (κ2) is 7.74. The summed E-state index contributed by atoms with van der Waals surface area (Å²) in [5, 5.41) is 25.5. The Bertz CT molecular complexity index is 657. The van der Waals surface area contributed by atoms with Gasteiger partial charge in [-0.1, -0.05) is 24.3 Å². The van der Waals surface area contributed by atoms with Crippen molar-refractivity contribution in [3.8, 4) is 11.5 Å². The Hall–Kier alpha value is -2.40. The van der Waals surface area contributed by atoms with Crippen LogP contribution in [-0.2, 0) is 6.42 Å². The Morgan fingerprint density at radius 3 is 2.17 bits per heavy atom. The number of hydrogen-bond donors (Lipinski definition) is 4. The van der Waals surface area contributed by atoms with Gasteiger partial charge in [0, 0.05) is 6.54 Å². The van der Waals surface area contributed by atoms with Gasteiger partial charge in [-0.25, -0.2) is 0 Å². The van der Waals surface area contributed by atoms with Crippen LogP contribution in [0.15, 0.2) is 53.5 Å². The largest absolute Gasteiger partial charge is 0.508 e. The summed E-state index contributed by atoms with van der Waals surface area (Å²) in [5.74, 6) is 1.32. The number of aliphatic imine (C=N–C) groups is 1. The third kappa shape index (κ3) is 4.53. The second-order valence-corrected chi connectivity index (χ2v) is 5.32. The molecule has 1 heterocycles. The number of halogens is 1. The molecule has 2 aromatic rings. The molecule has 0 spiro atoms. The smallest absolute Gasteiger partial charge is 0.191 e. The second-order valence-electron chi connectivity index (χ2n) is 5.32. The summed E-state index contributed by atoms with van der Waals surface area (Å²) >= 11 is 0. The monoisotopic (exact) mass is 333 g/mol. The van der Waals surface area contributed by atoms with E-state index < -0.39 is 0 Å². The molecule has 5 nitrogen and oxygen atoms in total. The highest BCUT2D eigenvalue weighted by atomic mass is 35.5. The number of guanidine groups is 1. The zero-order chi connectivity index (χ0) is 15.4. The molecule has 0 saturated carbocycles. The van der Waals surface area contributed by atoms with Crippen molar-refractivity contribution in [2.45, 2.75) is 12.5 Å². The van der Waals surface area contributed by atoms with Crippen LogP contribution in [0.1, 0.15) is 17.2 Å². The predicted molar refractivity (Wildman–Crippen MR) is 93.3 cm³/mol. The first-order valence-electron chi connectivity index (χ1n) is 7.32. The zero-order valence-corrected chi connectivity index (χ0v) is 13.4. The van der Waals surface area contributed by atoms with Crippen LogP contribution in [0.5, 0.6) is 11.5 Å². The minimum atomic E-state index is 0. The van der Waals surface area contributed by atoms with Crippen molar-refractivity contribution >= 4 is 18.4 Å². The lowest BCUT2D eigenvalue weighted by Gasteiger charge is -2.20. The summed E-state index contributed by atoms with van der Waals surface area (Å²) in [5.41, 5.74) is 2.18. The minimum absolute atomic E-state index is 0. The van der Waals surface area contributed by atoms with Gasteiger partial charge >= 0.3 is 0 Å². The van der Waals surface area contributed by atoms with Crippen LogP contribution in [0.3, 0.4) is 0 Å². The molecule has 3 rings (SSSR count). The summed E-state index contributed by atoms with van der Waals surface area (Å²) in [4.78, 5) is 4.38. The maximum absolute atomic E-state index is 9.46. The number of hydrogen-bond acceptors (Lipinski definition) is 5. The van der Waals surface area contributed by atoms with Gasteiger partial charge in [-0.3, -0.25) is 4.99 Å². The Morgan fingerprint density at radius 2 is 1.61 bits per heavy atom. The molecule has 23 heavy (non-hydrogen) atoms. The van der Waals surface area contributed by atoms with Gasteiger partial charge in [0.25, 0.3) is 0 Å². The molecule has 0 fully saturated rings. The highest BCUT2D eigenvalue weighted by Gasteiger charge is 2.16. The Kier molecular flexibility index (Phi) is 5.71. The quantitative estimate of drug-likeness (QED) is 0.692. The molecule has 0 saturated heterocycles. The number of nitrogens with one attached hydrogen (secondary N) is 2. The number of benzene rings is 2. The van der Waals surface area contributed by atoms with Crippen LogP contribution in [0.4, 0.5) is 0 Å². The van der Waals surface area contributed by atoms with Crippen molar-refractivity contribution in [3.05, 3.63) is 59.7 Å². The van der Waals surface area contributed by atoms with E-state index in [9.17, 15) is 10.2 Å². The lowest BCUT2D eigenvalue weighted by molar-refractivity contribution is 0.473. The molecule has 1 atom stereocenters.